The molecule has 27 heavy (non-hydrogen) atoms. The lowest BCUT2D eigenvalue weighted by atomic mass is 9.87. The highest BCUT2D eigenvalue weighted by Crippen LogP contribution is 2.32. The van der Waals surface area contributed by atoms with Crippen LogP contribution in [-0.2, 0) is 0 Å². The van der Waals surface area contributed by atoms with Crippen LogP contribution in [0.3, 0.4) is 0 Å². The Morgan fingerprint density at radius 2 is 1.93 bits per heavy atom. The molecule has 5 N–H and O–H groups in total. The summed E-state index contributed by atoms with van der Waals surface area (Å²) in [5.41, 5.74) is 8.05. The van der Waals surface area contributed by atoms with Crippen molar-refractivity contribution in [3.05, 3.63) is 65.9 Å². The summed E-state index contributed by atoms with van der Waals surface area (Å²) in [5.74, 6) is 0.273. The molecule has 0 unspecified atom stereocenters. The number of para-hydroxylation sites is 1. The second kappa shape index (κ2) is 7.78. The zero-order valence-electron chi connectivity index (χ0n) is 15.1. The molecular formula is C22H24N4O. The fourth-order valence-corrected chi connectivity index (χ4v) is 3.98. The molecule has 2 aromatic carbocycles. The summed E-state index contributed by atoms with van der Waals surface area (Å²) in [6.07, 6.45) is 5.34. The monoisotopic (exact) mass is 360 g/mol. The van der Waals surface area contributed by atoms with E-state index in [4.69, 9.17) is 5.41 Å². The van der Waals surface area contributed by atoms with Gasteiger partial charge in [-0.2, -0.15) is 0 Å². The van der Waals surface area contributed by atoms with Gasteiger partial charge in [0.1, 0.15) is 0 Å². The van der Waals surface area contributed by atoms with Gasteiger partial charge in [-0.3, -0.25) is 10.7 Å². The topological polar surface area (TPSA) is 83.9 Å². The van der Waals surface area contributed by atoms with E-state index in [1.165, 1.54) is 11.6 Å². The van der Waals surface area contributed by atoms with Crippen molar-refractivity contribution in [2.75, 3.05) is 13.1 Å². The minimum absolute atomic E-state index is 0.273. The molecule has 5 nitrogen and oxygen atoms in total. The van der Waals surface area contributed by atoms with Crippen molar-refractivity contribution in [2.45, 2.75) is 12.8 Å². The molecule has 1 aliphatic heterocycles. The largest absolute Gasteiger partial charge is 0.361 e. The van der Waals surface area contributed by atoms with Gasteiger partial charge in [0.25, 0.3) is 0 Å². The predicted octanol–water partition coefficient (Wildman–Crippen LogP) is 4.17. The first kappa shape index (κ1) is 17.5. The lowest BCUT2D eigenvalue weighted by Crippen LogP contribution is -2.30. The molecule has 1 aliphatic rings. The van der Waals surface area contributed by atoms with Gasteiger partial charge in [0, 0.05) is 34.4 Å². The molecule has 3 aromatic rings. The molecule has 0 aliphatic carbocycles. The van der Waals surface area contributed by atoms with E-state index >= 15 is 0 Å². The molecule has 2 heterocycles. The molecule has 0 saturated carbocycles. The van der Waals surface area contributed by atoms with Crippen LogP contribution >= 0.6 is 0 Å². The van der Waals surface area contributed by atoms with E-state index in [1.807, 2.05) is 30.5 Å². The number of fused-ring (bicyclic) bond motifs is 1. The number of nitrogens with one attached hydrogen (secondary N) is 4. The summed E-state index contributed by atoms with van der Waals surface area (Å²) in [5, 5.41) is 22.3. The number of hydrogen-bond acceptors (Lipinski definition) is 4. The lowest BCUT2D eigenvalue weighted by molar-refractivity contribution is 0.223. The number of aromatic amines is 1. The van der Waals surface area contributed by atoms with Crippen molar-refractivity contribution in [3.8, 4) is 11.1 Å². The Bertz CT molecular complexity index is 983. The highest BCUT2D eigenvalue weighted by Gasteiger charge is 2.21. The Hall–Kier alpha value is -2.89. The van der Waals surface area contributed by atoms with E-state index < -0.39 is 0 Å². The Morgan fingerprint density at radius 1 is 1.11 bits per heavy atom. The van der Waals surface area contributed by atoms with Gasteiger partial charge in [0.2, 0.25) is 0 Å². The molecule has 4 rings (SSSR count). The predicted molar refractivity (Wildman–Crippen MR) is 110 cm³/mol. The molecule has 5 heteroatoms. The third-order valence-corrected chi connectivity index (χ3v) is 5.39. The number of piperidine rings is 1. The first-order valence-corrected chi connectivity index (χ1v) is 9.34. The summed E-state index contributed by atoms with van der Waals surface area (Å²) >= 11 is 0. The highest BCUT2D eigenvalue weighted by atomic mass is 16.5. The van der Waals surface area contributed by atoms with E-state index in [1.54, 1.807) is 0 Å². The fourth-order valence-electron chi connectivity index (χ4n) is 3.98. The van der Waals surface area contributed by atoms with E-state index in [9.17, 15) is 5.21 Å². The molecule has 0 atom stereocenters. The smallest absolute Gasteiger partial charge is 0.0724 e. The van der Waals surface area contributed by atoms with Crippen molar-refractivity contribution in [1.29, 1.82) is 5.41 Å². The van der Waals surface area contributed by atoms with Gasteiger partial charge < -0.3 is 15.7 Å². The zero-order valence-corrected chi connectivity index (χ0v) is 15.1. The summed E-state index contributed by atoms with van der Waals surface area (Å²) in [6, 6.07) is 16.3. The van der Waals surface area contributed by atoms with Gasteiger partial charge in [-0.15, -0.1) is 0 Å². The SMILES string of the molecule is N=C/C(=C(\NO)c1cccc(-c2c[nH]c3ccccc23)c1)C1CCNCC1. The van der Waals surface area contributed by atoms with Gasteiger partial charge >= 0.3 is 0 Å². The Morgan fingerprint density at radius 3 is 2.70 bits per heavy atom. The van der Waals surface area contributed by atoms with E-state index in [0.717, 1.165) is 53.7 Å². The van der Waals surface area contributed by atoms with Crippen LogP contribution in [0.2, 0.25) is 0 Å². The van der Waals surface area contributed by atoms with Crippen molar-refractivity contribution in [2.24, 2.45) is 5.92 Å². The third kappa shape index (κ3) is 3.39. The molecule has 0 bridgehead atoms. The Balaban J connectivity index is 1.78. The highest BCUT2D eigenvalue weighted by molar-refractivity contribution is 5.96. The number of aromatic nitrogens is 1. The van der Waals surface area contributed by atoms with E-state index in [-0.39, 0.29) is 5.92 Å². The van der Waals surface area contributed by atoms with Crippen LogP contribution < -0.4 is 10.8 Å². The minimum Gasteiger partial charge on any atom is -0.361 e. The first-order chi connectivity index (χ1) is 13.3. The fraction of sp³-hybridized carbons (Fsp3) is 0.227. The number of hydroxylamine groups is 1. The quantitative estimate of drug-likeness (QED) is 0.350. The Labute approximate surface area is 158 Å². The van der Waals surface area contributed by atoms with Gasteiger partial charge in [-0.1, -0.05) is 36.4 Å². The average molecular weight is 360 g/mol. The van der Waals surface area contributed by atoms with Crippen molar-refractivity contribution in [3.63, 3.8) is 0 Å². The van der Waals surface area contributed by atoms with Crippen LogP contribution in [0.25, 0.3) is 27.7 Å². The first-order valence-electron chi connectivity index (χ1n) is 9.34. The third-order valence-electron chi connectivity index (χ3n) is 5.39. The molecular weight excluding hydrogens is 336 g/mol. The molecule has 0 spiro atoms. The number of hydrogen-bond donors (Lipinski definition) is 5. The minimum atomic E-state index is 0.273. The van der Waals surface area contributed by atoms with E-state index in [0.29, 0.717) is 5.70 Å². The van der Waals surface area contributed by atoms with Crippen molar-refractivity contribution in [1.82, 2.24) is 15.8 Å². The summed E-state index contributed by atoms with van der Waals surface area (Å²) < 4.78 is 0. The van der Waals surface area contributed by atoms with Crippen molar-refractivity contribution >= 4 is 22.8 Å². The van der Waals surface area contributed by atoms with Crippen LogP contribution in [-0.4, -0.2) is 29.5 Å². The maximum atomic E-state index is 9.87. The van der Waals surface area contributed by atoms with Crippen LogP contribution in [0.15, 0.2) is 60.3 Å². The summed E-state index contributed by atoms with van der Waals surface area (Å²) in [6.45, 7) is 1.88. The number of rotatable bonds is 5. The van der Waals surface area contributed by atoms with Crippen LogP contribution in [0.4, 0.5) is 0 Å². The Kier molecular flexibility index (Phi) is 5.05. The molecule has 1 saturated heterocycles. The second-order valence-corrected chi connectivity index (χ2v) is 6.94. The van der Waals surface area contributed by atoms with E-state index in [2.05, 4.69) is 40.0 Å². The maximum absolute atomic E-state index is 9.87. The molecule has 1 aromatic heterocycles. The van der Waals surface area contributed by atoms with Gasteiger partial charge in [0.05, 0.1) is 5.70 Å². The number of H-pyrrole nitrogens is 1. The zero-order chi connectivity index (χ0) is 18.6. The summed E-state index contributed by atoms with van der Waals surface area (Å²) in [4.78, 5) is 3.31. The second-order valence-electron chi connectivity index (χ2n) is 6.94. The van der Waals surface area contributed by atoms with Crippen molar-refractivity contribution < 1.29 is 5.21 Å². The van der Waals surface area contributed by atoms with Crippen LogP contribution in [0.5, 0.6) is 0 Å². The maximum Gasteiger partial charge on any atom is 0.0724 e. The van der Waals surface area contributed by atoms with Gasteiger partial charge in [-0.05, 0) is 55.1 Å². The van der Waals surface area contributed by atoms with Gasteiger partial charge in [-0.25, -0.2) is 0 Å². The number of benzene rings is 2. The molecule has 0 radical (unpaired) electrons. The normalized spacial score (nSPS) is 16.2. The van der Waals surface area contributed by atoms with Crippen LogP contribution in [0.1, 0.15) is 18.4 Å². The average Bonchev–Trinajstić information content (AvgIpc) is 3.17. The van der Waals surface area contributed by atoms with Gasteiger partial charge in [0.15, 0.2) is 0 Å². The standard InChI is InChI=1S/C22H24N4O/c23-13-19(15-8-10-24-11-9-15)22(26-27)17-5-3-4-16(12-17)20-14-25-21-7-2-1-6-18(20)21/h1-7,12-15,23-27H,8-11H2/b22-19+,23-13?. The van der Waals surface area contributed by atoms with Crippen LogP contribution in [0, 0.1) is 11.3 Å². The number of allylic oxidation sites excluding steroid dienone is 1. The molecule has 1 fully saturated rings. The molecule has 138 valence electrons. The molecule has 0 amide bonds. The summed E-state index contributed by atoms with van der Waals surface area (Å²) in [7, 11) is 0. The lowest BCUT2D eigenvalue weighted by Gasteiger charge is -2.25.